The second-order valence-electron chi connectivity index (χ2n) is 3.38. The molecule has 1 N–H and O–H groups in total. The molecule has 0 bridgehead atoms. The molecule has 1 rings (SSSR count). The first-order chi connectivity index (χ1) is 7.84. The van der Waals surface area contributed by atoms with Crippen molar-refractivity contribution in [2.24, 2.45) is 0 Å². The molecular weight excluding hydrogens is 237 g/mol. The van der Waals surface area contributed by atoms with Crippen molar-refractivity contribution in [3.63, 3.8) is 0 Å². The van der Waals surface area contributed by atoms with Crippen molar-refractivity contribution in [3.05, 3.63) is 29.8 Å². The largest absolute Gasteiger partial charge is 0.479 e. The molecular formula is C11H11F3O3. The zero-order valence-corrected chi connectivity index (χ0v) is 8.99. The first-order valence-corrected chi connectivity index (χ1v) is 4.91. The van der Waals surface area contributed by atoms with E-state index >= 15 is 0 Å². The normalized spacial score (nSPS) is 13.2. The number of halogens is 3. The van der Waals surface area contributed by atoms with E-state index in [9.17, 15) is 18.0 Å². The standard InChI is InChI=1S/C11H11F3O3/c1-2-9(10(15)16)17-8-5-3-4-7(6-8)11(12,13)14/h3-6,9H,2H2,1H3,(H,15,16)/t9-/m1/s1. The number of aliphatic carboxylic acids is 1. The van der Waals surface area contributed by atoms with E-state index in [1.165, 1.54) is 12.1 Å². The van der Waals surface area contributed by atoms with Crippen LogP contribution in [-0.2, 0) is 11.0 Å². The fourth-order valence-corrected chi connectivity index (χ4v) is 1.22. The van der Waals surface area contributed by atoms with Crippen molar-refractivity contribution in [3.8, 4) is 5.75 Å². The van der Waals surface area contributed by atoms with Crippen molar-refractivity contribution in [1.82, 2.24) is 0 Å². The van der Waals surface area contributed by atoms with Gasteiger partial charge in [0, 0.05) is 0 Å². The Morgan fingerprint density at radius 2 is 2.12 bits per heavy atom. The van der Waals surface area contributed by atoms with Crippen LogP contribution in [0.3, 0.4) is 0 Å². The number of carboxylic acids is 1. The fraction of sp³-hybridized carbons (Fsp3) is 0.364. The Labute approximate surface area is 95.8 Å². The van der Waals surface area contributed by atoms with Gasteiger partial charge in [0.15, 0.2) is 6.10 Å². The molecule has 1 aromatic carbocycles. The van der Waals surface area contributed by atoms with Crippen molar-refractivity contribution in [2.45, 2.75) is 25.6 Å². The zero-order valence-electron chi connectivity index (χ0n) is 8.99. The van der Waals surface area contributed by atoms with Crippen molar-refractivity contribution in [2.75, 3.05) is 0 Å². The lowest BCUT2D eigenvalue weighted by atomic mass is 10.2. The van der Waals surface area contributed by atoms with E-state index in [-0.39, 0.29) is 12.2 Å². The molecule has 0 heterocycles. The molecule has 0 radical (unpaired) electrons. The number of carboxylic acid groups (broad SMARTS) is 1. The Balaban J connectivity index is 2.89. The van der Waals surface area contributed by atoms with Gasteiger partial charge < -0.3 is 9.84 Å². The van der Waals surface area contributed by atoms with Crippen LogP contribution in [0, 0.1) is 0 Å². The predicted octanol–water partition coefficient (Wildman–Crippen LogP) is 2.95. The number of ether oxygens (including phenoxy) is 1. The molecule has 0 amide bonds. The van der Waals surface area contributed by atoms with Crippen LogP contribution in [0.15, 0.2) is 24.3 Å². The summed E-state index contributed by atoms with van der Waals surface area (Å²) in [7, 11) is 0. The van der Waals surface area contributed by atoms with Gasteiger partial charge in [0.2, 0.25) is 0 Å². The van der Waals surface area contributed by atoms with Gasteiger partial charge in [-0.05, 0) is 24.6 Å². The summed E-state index contributed by atoms with van der Waals surface area (Å²) >= 11 is 0. The van der Waals surface area contributed by atoms with Crippen LogP contribution in [0.1, 0.15) is 18.9 Å². The average molecular weight is 248 g/mol. The van der Waals surface area contributed by atoms with E-state index in [1.54, 1.807) is 6.92 Å². The minimum absolute atomic E-state index is 0.103. The average Bonchev–Trinajstić information content (AvgIpc) is 2.24. The van der Waals surface area contributed by atoms with E-state index in [2.05, 4.69) is 0 Å². The van der Waals surface area contributed by atoms with Gasteiger partial charge in [0.25, 0.3) is 0 Å². The second kappa shape index (κ2) is 5.07. The second-order valence-corrected chi connectivity index (χ2v) is 3.38. The molecule has 0 fully saturated rings. The molecule has 0 unspecified atom stereocenters. The summed E-state index contributed by atoms with van der Waals surface area (Å²) in [5.74, 6) is -1.31. The van der Waals surface area contributed by atoms with Crippen LogP contribution in [0.25, 0.3) is 0 Å². The number of rotatable bonds is 4. The van der Waals surface area contributed by atoms with Crippen molar-refractivity contribution < 1.29 is 27.8 Å². The molecule has 3 nitrogen and oxygen atoms in total. The van der Waals surface area contributed by atoms with Crippen LogP contribution in [0.2, 0.25) is 0 Å². The summed E-state index contributed by atoms with van der Waals surface area (Å²) in [4.78, 5) is 10.7. The number of benzene rings is 1. The number of alkyl halides is 3. The third kappa shape index (κ3) is 3.65. The van der Waals surface area contributed by atoms with Crippen molar-refractivity contribution >= 4 is 5.97 Å². The smallest absolute Gasteiger partial charge is 0.416 e. The molecule has 0 saturated carbocycles. The lowest BCUT2D eigenvalue weighted by molar-refractivity contribution is -0.145. The fourth-order valence-electron chi connectivity index (χ4n) is 1.22. The maximum atomic E-state index is 12.4. The summed E-state index contributed by atoms with van der Waals surface area (Å²) in [6, 6.07) is 4.15. The number of hydrogen-bond donors (Lipinski definition) is 1. The van der Waals surface area contributed by atoms with Gasteiger partial charge in [-0.1, -0.05) is 13.0 Å². The predicted molar refractivity (Wildman–Crippen MR) is 53.8 cm³/mol. The lowest BCUT2D eigenvalue weighted by Crippen LogP contribution is -2.26. The van der Waals surface area contributed by atoms with Gasteiger partial charge in [-0.15, -0.1) is 0 Å². The Morgan fingerprint density at radius 3 is 2.59 bits per heavy atom. The van der Waals surface area contributed by atoms with Crippen LogP contribution >= 0.6 is 0 Å². The Morgan fingerprint density at radius 1 is 1.47 bits per heavy atom. The maximum Gasteiger partial charge on any atom is 0.416 e. The highest BCUT2D eigenvalue weighted by molar-refractivity contribution is 5.72. The molecule has 0 aliphatic carbocycles. The van der Waals surface area contributed by atoms with Crippen LogP contribution in [0.4, 0.5) is 13.2 Å². The van der Waals surface area contributed by atoms with Crippen LogP contribution in [0.5, 0.6) is 5.75 Å². The lowest BCUT2D eigenvalue weighted by Gasteiger charge is -2.14. The molecule has 0 aliphatic rings. The highest BCUT2D eigenvalue weighted by atomic mass is 19.4. The minimum atomic E-state index is -4.47. The monoisotopic (exact) mass is 248 g/mol. The zero-order chi connectivity index (χ0) is 13.1. The maximum absolute atomic E-state index is 12.4. The van der Waals surface area contributed by atoms with Gasteiger partial charge in [-0.2, -0.15) is 13.2 Å². The quantitative estimate of drug-likeness (QED) is 0.891. The van der Waals surface area contributed by atoms with Gasteiger partial charge in [0.1, 0.15) is 5.75 Å². The third-order valence-corrected chi connectivity index (χ3v) is 2.09. The Kier molecular flexibility index (Phi) is 3.98. The molecule has 94 valence electrons. The van der Waals surface area contributed by atoms with Gasteiger partial charge in [0.05, 0.1) is 5.56 Å². The highest BCUT2D eigenvalue weighted by Gasteiger charge is 2.31. The molecule has 6 heteroatoms. The Bertz CT molecular complexity index is 401. The summed E-state index contributed by atoms with van der Waals surface area (Å²) in [5, 5.41) is 8.72. The van der Waals surface area contributed by atoms with E-state index in [0.717, 1.165) is 12.1 Å². The van der Waals surface area contributed by atoms with Crippen LogP contribution < -0.4 is 4.74 Å². The van der Waals surface area contributed by atoms with E-state index in [0.29, 0.717) is 0 Å². The summed E-state index contributed by atoms with van der Waals surface area (Å²) in [6.07, 6.45) is -5.44. The topological polar surface area (TPSA) is 46.5 Å². The molecule has 1 aromatic rings. The third-order valence-electron chi connectivity index (χ3n) is 2.09. The highest BCUT2D eigenvalue weighted by Crippen LogP contribution is 2.31. The van der Waals surface area contributed by atoms with E-state index in [4.69, 9.17) is 9.84 Å². The summed E-state index contributed by atoms with van der Waals surface area (Å²) in [6.45, 7) is 1.58. The first kappa shape index (κ1) is 13.3. The first-order valence-electron chi connectivity index (χ1n) is 4.91. The van der Waals surface area contributed by atoms with Crippen molar-refractivity contribution in [1.29, 1.82) is 0 Å². The molecule has 17 heavy (non-hydrogen) atoms. The summed E-state index contributed by atoms with van der Waals surface area (Å²) in [5.41, 5.74) is -0.866. The molecule has 0 spiro atoms. The molecule has 0 aliphatic heterocycles. The Hall–Kier alpha value is -1.72. The van der Waals surface area contributed by atoms with Gasteiger partial charge in [-0.3, -0.25) is 0 Å². The van der Waals surface area contributed by atoms with E-state index < -0.39 is 23.8 Å². The SMILES string of the molecule is CC[C@@H](Oc1cccc(C(F)(F)F)c1)C(=O)O. The van der Waals surface area contributed by atoms with E-state index in [1.807, 2.05) is 0 Å². The number of carbonyl (C=O) groups is 1. The van der Waals surface area contributed by atoms with Gasteiger partial charge >= 0.3 is 12.1 Å². The molecule has 0 aromatic heterocycles. The van der Waals surface area contributed by atoms with Gasteiger partial charge in [-0.25, -0.2) is 4.79 Å². The minimum Gasteiger partial charge on any atom is -0.479 e. The molecule has 0 saturated heterocycles. The molecule has 1 atom stereocenters. The summed E-state index contributed by atoms with van der Waals surface area (Å²) < 4.78 is 42.1. The van der Waals surface area contributed by atoms with Crippen LogP contribution in [-0.4, -0.2) is 17.2 Å². The number of hydrogen-bond acceptors (Lipinski definition) is 2.